The van der Waals surface area contributed by atoms with Crippen molar-refractivity contribution in [3.05, 3.63) is 0 Å². The molecule has 0 amide bonds. The second-order valence-electron chi connectivity index (χ2n) is 0.447. The maximum atomic E-state index is 8.55. The molecule has 0 bridgehead atoms. The first-order valence-electron chi connectivity index (χ1n) is 0.730. The van der Waals surface area contributed by atoms with Gasteiger partial charge in [-0.1, -0.05) is 0 Å². The molecule has 7 heavy (non-hydrogen) atoms. The predicted molar refractivity (Wildman–Crippen MR) is 7.61 cm³/mol. The number of rotatable bonds is 0. The zero-order chi connectivity index (χ0) is 4.50. The van der Waals surface area contributed by atoms with Gasteiger partial charge in [-0.05, 0) is 0 Å². The standard InChI is InChI=1S/Cs.Mn.H3O4P/c;;1-5(2,3)4/h;;(H3,1,2,3,4)/q+1;+2;/p-3. The second-order valence-corrected chi connectivity index (χ2v) is 1.34. The topological polar surface area (TPSA) is 86.2 Å². The van der Waals surface area contributed by atoms with Gasteiger partial charge in [-0.15, -0.1) is 0 Å². The van der Waals surface area contributed by atoms with E-state index in [1.165, 1.54) is 0 Å². The zero-order valence-electron chi connectivity index (χ0n) is 3.46. The van der Waals surface area contributed by atoms with Crippen molar-refractivity contribution in [2.45, 2.75) is 0 Å². The fourth-order valence-electron chi connectivity index (χ4n) is 0. The Morgan fingerprint density at radius 2 is 1.14 bits per heavy atom. The van der Waals surface area contributed by atoms with Gasteiger partial charge >= 0.3 is 86.0 Å². The van der Waals surface area contributed by atoms with Gasteiger partial charge in [-0.3, -0.25) is 0 Å². The van der Waals surface area contributed by atoms with Gasteiger partial charge in [0.2, 0.25) is 0 Å². The molecule has 0 aliphatic rings. The van der Waals surface area contributed by atoms with Crippen LogP contribution in [0.4, 0.5) is 0 Å². The average molecular weight is 283 g/mol. The largest absolute Gasteiger partial charge is 2.00 e. The maximum Gasteiger partial charge on any atom is 2.00 e. The Morgan fingerprint density at radius 3 is 1.14 bits per heavy atom. The van der Waals surface area contributed by atoms with Crippen LogP contribution in [0.5, 0.6) is 0 Å². The molecule has 0 N–H and O–H groups in total. The summed E-state index contributed by atoms with van der Waals surface area (Å²) in [6, 6.07) is 0. The minimum absolute atomic E-state index is 0. The Morgan fingerprint density at radius 1 is 1.14 bits per heavy atom. The van der Waals surface area contributed by atoms with Crippen LogP contribution in [0.2, 0.25) is 0 Å². The molecule has 0 fully saturated rings. The molecular weight excluding hydrogens is 283 g/mol. The molecule has 1 radical (unpaired) electrons. The van der Waals surface area contributed by atoms with Gasteiger partial charge in [0, 0.05) is 0 Å². The molecule has 0 aromatic rings. The van der Waals surface area contributed by atoms with E-state index in [1.807, 2.05) is 0 Å². The summed E-state index contributed by atoms with van der Waals surface area (Å²) in [6.45, 7) is 0. The van der Waals surface area contributed by atoms with Gasteiger partial charge in [0.15, 0.2) is 0 Å². The molecule has 0 aromatic heterocycles. The first-order chi connectivity index (χ1) is 2.00. The molecule has 7 heteroatoms. The Hall–Kier alpha value is 2.68. The molecule has 37 valence electrons. The summed E-state index contributed by atoms with van der Waals surface area (Å²) < 4.78 is 8.55. The van der Waals surface area contributed by atoms with Crippen molar-refractivity contribution < 1.29 is 105 Å². The molecule has 0 unspecified atom stereocenters. The van der Waals surface area contributed by atoms with E-state index >= 15 is 0 Å². The zero-order valence-corrected chi connectivity index (χ0v) is 11.8. The van der Waals surface area contributed by atoms with Crippen LogP contribution in [-0.4, -0.2) is 0 Å². The third kappa shape index (κ3) is 53.9. The Kier molecular flexibility index (Phi) is 15.9. The molecule has 0 rings (SSSR count). The van der Waals surface area contributed by atoms with Crippen LogP contribution < -0.4 is 83.6 Å². The number of hydrogen-bond acceptors (Lipinski definition) is 4. The maximum absolute atomic E-state index is 8.55. The van der Waals surface area contributed by atoms with Crippen molar-refractivity contribution in [1.82, 2.24) is 0 Å². The van der Waals surface area contributed by atoms with Crippen molar-refractivity contribution >= 4 is 7.82 Å². The van der Waals surface area contributed by atoms with Gasteiger partial charge in [0.1, 0.15) is 0 Å². The summed E-state index contributed by atoms with van der Waals surface area (Å²) in [5.41, 5.74) is 0. The van der Waals surface area contributed by atoms with Crippen molar-refractivity contribution in [3.63, 3.8) is 0 Å². The third-order valence-corrected chi connectivity index (χ3v) is 0. The van der Waals surface area contributed by atoms with E-state index in [9.17, 15) is 0 Å². The molecule has 4 nitrogen and oxygen atoms in total. The van der Waals surface area contributed by atoms with Crippen LogP contribution in [0.25, 0.3) is 0 Å². The molecule has 0 heterocycles. The quantitative estimate of drug-likeness (QED) is 0.327. The van der Waals surface area contributed by atoms with Crippen molar-refractivity contribution in [2.75, 3.05) is 0 Å². The van der Waals surface area contributed by atoms with Gasteiger partial charge in [0.05, 0.1) is 0 Å². The van der Waals surface area contributed by atoms with Crippen LogP contribution in [0, 0.1) is 0 Å². The van der Waals surface area contributed by atoms with Gasteiger partial charge < -0.3 is 19.2 Å². The minimum Gasteiger partial charge on any atom is -0.822 e. The SMILES string of the molecule is O=P([O-])([O-])[O-].[Cs+].[Mn+2]. The minimum atomic E-state index is -5.39. The van der Waals surface area contributed by atoms with E-state index < -0.39 is 7.82 Å². The Labute approximate surface area is 110 Å². The third-order valence-electron chi connectivity index (χ3n) is 0. The first-order valence-corrected chi connectivity index (χ1v) is 2.19. The molecule has 0 saturated carbocycles. The van der Waals surface area contributed by atoms with Crippen LogP contribution in [0.15, 0.2) is 0 Å². The summed E-state index contributed by atoms with van der Waals surface area (Å²) in [5, 5.41) is 0. The monoisotopic (exact) mass is 283 g/mol. The second kappa shape index (κ2) is 6.80. The fraction of sp³-hybridized carbons (Fsp3) is 0. The summed E-state index contributed by atoms with van der Waals surface area (Å²) in [4.78, 5) is 25.6. The van der Waals surface area contributed by atoms with Crippen LogP contribution in [-0.2, 0) is 21.6 Å². The number of hydrogen-bond donors (Lipinski definition) is 0. The van der Waals surface area contributed by atoms with E-state index in [1.54, 1.807) is 0 Å². The van der Waals surface area contributed by atoms with Gasteiger partial charge in [0.25, 0.3) is 0 Å². The first kappa shape index (κ1) is 16.3. The number of phosphoric acid groups is 1. The van der Waals surface area contributed by atoms with Crippen LogP contribution in [0.1, 0.15) is 0 Å². The fourth-order valence-corrected chi connectivity index (χ4v) is 0. The average Bonchev–Trinajstić information content (AvgIpc) is 0.722. The summed E-state index contributed by atoms with van der Waals surface area (Å²) in [5.74, 6) is 0. The van der Waals surface area contributed by atoms with Gasteiger partial charge in [-0.25, -0.2) is 0 Å². The van der Waals surface area contributed by atoms with E-state index in [0.717, 1.165) is 0 Å². The van der Waals surface area contributed by atoms with E-state index in [4.69, 9.17) is 19.2 Å². The van der Waals surface area contributed by atoms with E-state index in [0.29, 0.717) is 0 Å². The Balaban J connectivity index is -0.0000000800. The van der Waals surface area contributed by atoms with E-state index in [-0.39, 0.29) is 86.0 Å². The molecule has 0 aliphatic heterocycles. The summed E-state index contributed by atoms with van der Waals surface area (Å²) in [6.07, 6.45) is 0. The molecule has 0 atom stereocenters. The van der Waals surface area contributed by atoms with Crippen LogP contribution >= 0.6 is 7.82 Å². The summed E-state index contributed by atoms with van der Waals surface area (Å²) >= 11 is 0. The van der Waals surface area contributed by atoms with Crippen molar-refractivity contribution in [1.29, 1.82) is 0 Å². The van der Waals surface area contributed by atoms with Crippen LogP contribution in [0.3, 0.4) is 0 Å². The molecule has 0 spiro atoms. The molecule has 0 saturated heterocycles. The van der Waals surface area contributed by atoms with Gasteiger partial charge in [-0.2, -0.15) is 7.82 Å². The Bertz CT molecular complexity index is 57.8. The molecule has 0 aliphatic carbocycles. The molecular formula is CsMnO4P. The summed E-state index contributed by atoms with van der Waals surface area (Å²) in [7, 11) is -5.39. The molecule has 0 aromatic carbocycles. The van der Waals surface area contributed by atoms with Crippen molar-refractivity contribution in [3.8, 4) is 0 Å². The van der Waals surface area contributed by atoms with Crippen molar-refractivity contribution in [2.24, 2.45) is 0 Å². The predicted octanol–water partition coefficient (Wildman–Crippen LogP) is -5.82. The van der Waals surface area contributed by atoms with E-state index in [2.05, 4.69) is 0 Å². The normalized spacial score (nSPS) is 8.43. The smallest absolute Gasteiger partial charge is 0.822 e.